The highest BCUT2D eigenvalue weighted by Crippen LogP contribution is 2.58. The predicted octanol–water partition coefficient (Wildman–Crippen LogP) is 7.25. The second-order valence-corrected chi connectivity index (χ2v) is 11.1. The number of nitrogens with one attached hydrogen (secondary N) is 1. The van der Waals surface area contributed by atoms with Crippen LogP contribution in [0, 0.1) is 13.8 Å². The summed E-state index contributed by atoms with van der Waals surface area (Å²) >= 11 is 1.15. The van der Waals surface area contributed by atoms with Crippen molar-refractivity contribution in [3.63, 3.8) is 0 Å². The summed E-state index contributed by atoms with van der Waals surface area (Å²) in [5.74, 6) is -0.589. The van der Waals surface area contributed by atoms with Gasteiger partial charge in [0.25, 0.3) is 0 Å². The van der Waals surface area contributed by atoms with Crippen LogP contribution in [-0.2, 0) is 5.41 Å². The Balaban J connectivity index is 1.44. The van der Waals surface area contributed by atoms with Crippen molar-refractivity contribution in [2.24, 2.45) is 5.73 Å². The molecule has 4 aromatic rings. The van der Waals surface area contributed by atoms with Crippen LogP contribution in [0.2, 0.25) is 0 Å². The number of halogens is 3. The van der Waals surface area contributed by atoms with Gasteiger partial charge >= 0.3 is 12.1 Å². The molecular weight excluding hydrogens is 565 g/mol. The number of aromatic carboxylic acids is 1. The maximum Gasteiger partial charge on any atom is 0.398 e. The van der Waals surface area contributed by atoms with Gasteiger partial charge in [-0.3, -0.25) is 4.72 Å². The first-order valence-electron chi connectivity index (χ1n) is 13.3. The van der Waals surface area contributed by atoms with Crippen molar-refractivity contribution < 1.29 is 27.8 Å². The van der Waals surface area contributed by atoms with Gasteiger partial charge in [0.2, 0.25) is 11.8 Å². The molecule has 1 aromatic heterocycles. The molecule has 7 nitrogen and oxygen atoms in total. The summed E-state index contributed by atoms with van der Waals surface area (Å²) in [5.41, 5.74) is 8.80. The molecule has 5 rings (SSSR count). The number of rotatable bonds is 10. The van der Waals surface area contributed by atoms with E-state index >= 15 is 0 Å². The highest BCUT2D eigenvalue weighted by atomic mass is 32.2. The van der Waals surface area contributed by atoms with E-state index in [9.17, 15) is 23.1 Å². The van der Waals surface area contributed by atoms with Crippen LogP contribution < -0.4 is 15.2 Å². The number of carboxylic acids is 1. The summed E-state index contributed by atoms with van der Waals surface area (Å²) in [6, 6.07) is 20.3. The molecule has 1 aliphatic carbocycles. The molecule has 1 fully saturated rings. The maximum atomic E-state index is 13.6. The van der Waals surface area contributed by atoms with Crippen LogP contribution in [-0.4, -0.2) is 33.8 Å². The second kappa shape index (κ2) is 11.7. The maximum absolute atomic E-state index is 13.6. The number of alkyl halides is 3. The second-order valence-electron chi connectivity index (χ2n) is 10.3. The Labute approximate surface area is 245 Å². The zero-order chi connectivity index (χ0) is 30.1. The van der Waals surface area contributed by atoms with Gasteiger partial charge in [-0.2, -0.15) is 18.2 Å². The molecule has 1 heterocycles. The molecule has 1 atom stereocenters. The number of anilines is 1. The molecule has 0 aliphatic heterocycles. The number of carbonyl (C=O) groups is 1. The van der Waals surface area contributed by atoms with Gasteiger partial charge in [-0.05, 0) is 79.1 Å². The summed E-state index contributed by atoms with van der Waals surface area (Å²) in [6.07, 6.45) is -4.79. The molecule has 3 aromatic carbocycles. The molecule has 218 valence electrons. The number of benzene rings is 3. The van der Waals surface area contributed by atoms with Crippen molar-refractivity contribution >= 4 is 23.9 Å². The lowest BCUT2D eigenvalue weighted by atomic mass is 9.93. The quantitative estimate of drug-likeness (QED) is 0.165. The number of hydrogen-bond donors (Lipinski definition) is 3. The number of ether oxygens (including phenoxy) is 1. The minimum atomic E-state index is -4.29. The molecule has 0 amide bonds. The van der Waals surface area contributed by atoms with E-state index in [-0.39, 0.29) is 42.3 Å². The van der Waals surface area contributed by atoms with E-state index in [0.29, 0.717) is 16.2 Å². The fourth-order valence-corrected chi connectivity index (χ4v) is 5.58. The predicted molar refractivity (Wildman–Crippen MR) is 156 cm³/mol. The molecule has 1 aliphatic rings. The molecule has 1 unspecified atom stereocenters. The molecule has 11 heteroatoms. The van der Waals surface area contributed by atoms with E-state index in [1.807, 2.05) is 32.0 Å². The summed E-state index contributed by atoms with van der Waals surface area (Å²) in [5, 5.41) is 9.31. The standard InChI is InChI=1S/C31H29F3N4O3S/c1-18-5-3-6-19(2)27(18)24-16-26(37-29(36-24)38-42-23-8-4-7-21(15-23)28(39)40)41-25(17-35)20-9-11-22(12-10-20)30(13-14-30)31(32,33)34/h3-12,15-16,25H,13-14,17,35H2,1-2H3,(H,39,40)(H,36,37,38). The zero-order valence-electron chi connectivity index (χ0n) is 22.9. The average Bonchev–Trinajstić information content (AvgIpc) is 3.78. The third kappa shape index (κ3) is 6.07. The first kappa shape index (κ1) is 29.4. The molecule has 0 bridgehead atoms. The first-order chi connectivity index (χ1) is 20.0. The van der Waals surface area contributed by atoms with Crippen LogP contribution in [0.15, 0.2) is 77.7 Å². The Hall–Kier alpha value is -4.09. The lowest BCUT2D eigenvalue weighted by Gasteiger charge is -2.22. The van der Waals surface area contributed by atoms with Crippen molar-refractivity contribution in [3.05, 3.63) is 101 Å². The van der Waals surface area contributed by atoms with E-state index in [0.717, 1.165) is 28.6 Å². The minimum Gasteiger partial charge on any atom is -0.478 e. The van der Waals surface area contributed by atoms with Crippen LogP contribution in [0.25, 0.3) is 11.3 Å². The molecule has 1 saturated carbocycles. The minimum absolute atomic E-state index is 0.0615. The monoisotopic (exact) mass is 594 g/mol. The summed E-state index contributed by atoms with van der Waals surface area (Å²) < 4.78 is 50.1. The number of nitrogens with zero attached hydrogens (tertiary/aromatic N) is 2. The van der Waals surface area contributed by atoms with Gasteiger partial charge in [-0.1, -0.05) is 48.5 Å². The largest absolute Gasteiger partial charge is 0.478 e. The molecule has 0 saturated heterocycles. The smallest absolute Gasteiger partial charge is 0.398 e. The summed E-state index contributed by atoms with van der Waals surface area (Å²) in [4.78, 5) is 21.2. The van der Waals surface area contributed by atoms with E-state index in [4.69, 9.17) is 15.5 Å². The first-order valence-corrected chi connectivity index (χ1v) is 14.1. The SMILES string of the molecule is Cc1cccc(C)c1-c1cc(OC(CN)c2ccc(C3(C(F)(F)F)CC3)cc2)nc(NSc2cccc(C(=O)O)c2)n1. The van der Waals surface area contributed by atoms with Gasteiger partial charge in [0, 0.05) is 23.1 Å². The Kier molecular flexibility index (Phi) is 8.16. The number of hydrogen-bond acceptors (Lipinski definition) is 7. The average molecular weight is 595 g/mol. The number of aryl methyl sites for hydroxylation is 2. The molecule has 0 spiro atoms. The van der Waals surface area contributed by atoms with E-state index in [1.165, 1.54) is 24.3 Å². The molecule has 4 N–H and O–H groups in total. The Morgan fingerprint density at radius 3 is 2.31 bits per heavy atom. The van der Waals surface area contributed by atoms with E-state index in [1.54, 1.807) is 30.3 Å². The van der Waals surface area contributed by atoms with Gasteiger partial charge < -0.3 is 15.6 Å². The Morgan fingerprint density at radius 2 is 1.71 bits per heavy atom. The lowest BCUT2D eigenvalue weighted by molar-refractivity contribution is -0.160. The van der Waals surface area contributed by atoms with E-state index in [2.05, 4.69) is 9.71 Å². The normalized spacial score (nSPS) is 14.7. The molecule has 42 heavy (non-hydrogen) atoms. The van der Waals surface area contributed by atoms with Crippen LogP contribution in [0.5, 0.6) is 5.88 Å². The zero-order valence-corrected chi connectivity index (χ0v) is 23.7. The van der Waals surface area contributed by atoms with Crippen molar-refractivity contribution in [1.82, 2.24) is 9.97 Å². The lowest BCUT2D eigenvalue weighted by Crippen LogP contribution is -2.28. The van der Waals surface area contributed by atoms with Crippen LogP contribution >= 0.6 is 11.9 Å². The number of nitrogens with two attached hydrogens (primary N) is 1. The van der Waals surface area contributed by atoms with Gasteiger partial charge in [-0.15, -0.1) is 0 Å². The highest BCUT2D eigenvalue weighted by molar-refractivity contribution is 8.00. The third-order valence-corrected chi connectivity index (χ3v) is 8.16. The van der Waals surface area contributed by atoms with Crippen LogP contribution in [0.4, 0.5) is 19.1 Å². The fourth-order valence-electron chi connectivity index (χ4n) is 4.95. The van der Waals surface area contributed by atoms with Gasteiger partial charge in [-0.25, -0.2) is 9.78 Å². The number of aromatic nitrogens is 2. The summed E-state index contributed by atoms with van der Waals surface area (Å²) in [7, 11) is 0. The van der Waals surface area contributed by atoms with Crippen molar-refractivity contribution in [2.45, 2.75) is 49.3 Å². The van der Waals surface area contributed by atoms with Gasteiger partial charge in [0.1, 0.15) is 6.10 Å². The highest BCUT2D eigenvalue weighted by Gasteiger charge is 2.64. The fraction of sp³-hybridized carbons (Fsp3) is 0.258. The van der Waals surface area contributed by atoms with Crippen molar-refractivity contribution in [3.8, 4) is 17.1 Å². The number of carboxylic acid groups (broad SMARTS) is 1. The van der Waals surface area contributed by atoms with Gasteiger partial charge in [0.05, 0.1) is 16.7 Å². The topological polar surface area (TPSA) is 110 Å². The molecular formula is C31H29F3N4O3S. The summed E-state index contributed by atoms with van der Waals surface area (Å²) in [6.45, 7) is 4.01. The third-order valence-electron chi connectivity index (χ3n) is 7.39. The van der Waals surface area contributed by atoms with Gasteiger partial charge in [0.15, 0.2) is 0 Å². The van der Waals surface area contributed by atoms with Crippen molar-refractivity contribution in [2.75, 3.05) is 11.3 Å². The van der Waals surface area contributed by atoms with E-state index < -0.39 is 23.7 Å². The van der Waals surface area contributed by atoms with Crippen LogP contribution in [0.3, 0.4) is 0 Å². The Morgan fingerprint density at radius 1 is 1.05 bits per heavy atom. The van der Waals surface area contributed by atoms with Crippen LogP contribution in [0.1, 0.15) is 51.6 Å². The Bertz CT molecular complexity index is 1590. The molecule has 0 radical (unpaired) electrons. The van der Waals surface area contributed by atoms with Crippen molar-refractivity contribution in [1.29, 1.82) is 0 Å².